The van der Waals surface area contributed by atoms with Crippen molar-refractivity contribution < 1.29 is 19.2 Å². The van der Waals surface area contributed by atoms with Crippen LogP contribution in [0, 0.1) is 5.92 Å². The summed E-state index contributed by atoms with van der Waals surface area (Å²) < 4.78 is 0. The van der Waals surface area contributed by atoms with E-state index < -0.39 is 17.6 Å². The Bertz CT molecular complexity index is 597. The van der Waals surface area contributed by atoms with Crippen molar-refractivity contribution in [2.24, 2.45) is 5.92 Å². The molecule has 1 aliphatic carbocycles. The first kappa shape index (κ1) is 17.7. The van der Waals surface area contributed by atoms with Crippen LogP contribution in [-0.4, -0.2) is 64.8 Å². The molecule has 1 saturated carbocycles. The monoisotopic (exact) mass is 350 g/mol. The highest BCUT2D eigenvalue weighted by atomic mass is 16.2. The summed E-state index contributed by atoms with van der Waals surface area (Å²) in [5.41, 5.74) is -0.840. The van der Waals surface area contributed by atoms with Gasteiger partial charge in [0.15, 0.2) is 0 Å². The number of hydrogen-bond acceptors (Lipinski definition) is 4. The maximum absolute atomic E-state index is 12.8. The highest BCUT2D eigenvalue weighted by molar-refractivity contribution is 6.09. The standard InChI is InChI=1S/C17H26N4O4/c1-3-12-14(23)18-8-9-20(12)13(22)10-21-15(24)17(19-16(21)25)6-4-11(2)5-7-17/h11-12H,3-10H2,1-2H3,(H,18,23)(H,19,25). The lowest BCUT2D eigenvalue weighted by atomic mass is 9.77. The van der Waals surface area contributed by atoms with Gasteiger partial charge >= 0.3 is 6.03 Å². The van der Waals surface area contributed by atoms with Gasteiger partial charge < -0.3 is 15.5 Å². The third kappa shape index (κ3) is 3.09. The molecule has 0 aromatic rings. The zero-order valence-electron chi connectivity index (χ0n) is 14.8. The second-order valence-corrected chi connectivity index (χ2v) is 7.39. The summed E-state index contributed by atoms with van der Waals surface area (Å²) in [4.78, 5) is 52.2. The molecule has 0 aromatic carbocycles. The Balaban J connectivity index is 1.70. The van der Waals surface area contributed by atoms with E-state index in [1.54, 1.807) is 0 Å². The molecule has 2 saturated heterocycles. The first-order valence-corrected chi connectivity index (χ1v) is 9.09. The number of hydrogen-bond donors (Lipinski definition) is 2. The first-order valence-electron chi connectivity index (χ1n) is 9.09. The number of amides is 5. The zero-order valence-corrected chi connectivity index (χ0v) is 14.8. The number of carbonyl (C=O) groups is 4. The summed E-state index contributed by atoms with van der Waals surface area (Å²) in [5, 5.41) is 5.56. The fourth-order valence-electron chi connectivity index (χ4n) is 4.06. The van der Waals surface area contributed by atoms with Crippen molar-refractivity contribution in [3.8, 4) is 0 Å². The summed E-state index contributed by atoms with van der Waals surface area (Å²) in [6, 6.07) is -1.03. The topological polar surface area (TPSA) is 98.8 Å². The van der Waals surface area contributed by atoms with Crippen LogP contribution in [0.4, 0.5) is 4.79 Å². The number of nitrogens with zero attached hydrogens (tertiary/aromatic N) is 2. The van der Waals surface area contributed by atoms with E-state index in [2.05, 4.69) is 17.6 Å². The van der Waals surface area contributed by atoms with Gasteiger partial charge in [-0.1, -0.05) is 13.8 Å². The molecule has 5 amide bonds. The molecular formula is C17H26N4O4. The molecule has 8 heteroatoms. The Morgan fingerprint density at radius 1 is 1.24 bits per heavy atom. The smallest absolute Gasteiger partial charge is 0.325 e. The lowest BCUT2D eigenvalue weighted by molar-refractivity contribution is -0.146. The molecule has 3 rings (SSSR count). The third-order valence-corrected chi connectivity index (χ3v) is 5.70. The molecule has 0 radical (unpaired) electrons. The van der Waals surface area contributed by atoms with Gasteiger partial charge in [-0.3, -0.25) is 19.3 Å². The minimum Gasteiger partial charge on any atom is -0.353 e. The predicted molar refractivity (Wildman–Crippen MR) is 89.4 cm³/mol. The van der Waals surface area contributed by atoms with E-state index in [-0.39, 0.29) is 24.3 Å². The maximum atomic E-state index is 12.8. The van der Waals surface area contributed by atoms with Gasteiger partial charge in [-0.25, -0.2) is 4.79 Å². The number of carbonyl (C=O) groups excluding carboxylic acids is 4. The fourth-order valence-corrected chi connectivity index (χ4v) is 4.06. The summed E-state index contributed by atoms with van der Waals surface area (Å²) in [6.07, 6.45) is 3.51. The number of urea groups is 1. The minimum absolute atomic E-state index is 0.183. The molecule has 1 spiro atoms. The minimum atomic E-state index is -0.840. The molecule has 2 heterocycles. The predicted octanol–water partition coefficient (Wildman–Crippen LogP) is 0.224. The second-order valence-electron chi connectivity index (χ2n) is 7.39. The van der Waals surface area contributed by atoms with Crippen molar-refractivity contribution in [1.29, 1.82) is 0 Å². The van der Waals surface area contributed by atoms with E-state index in [9.17, 15) is 19.2 Å². The van der Waals surface area contributed by atoms with Crippen LogP contribution in [0.25, 0.3) is 0 Å². The summed E-state index contributed by atoms with van der Waals surface area (Å²) in [6.45, 7) is 4.47. The van der Waals surface area contributed by atoms with Crippen LogP contribution >= 0.6 is 0 Å². The largest absolute Gasteiger partial charge is 0.353 e. The maximum Gasteiger partial charge on any atom is 0.325 e. The van der Waals surface area contributed by atoms with Crippen molar-refractivity contribution >= 4 is 23.8 Å². The van der Waals surface area contributed by atoms with Gasteiger partial charge in [0.2, 0.25) is 11.8 Å². The average molecular weight is 350 g/mol. The fraction of sp³-hybridized carbons (Fsp3) is 0.765. The zero-order chi connectivity index (χ0) is 18.2. The van der Waals surface area contributed by atoms with Crippen LogP contribution in [0.15, 0.2) is 0 Å². The number of imide groups is 1. The summed E-state index contributed by atoms with van der Waals surface area (Å²) in [5.74, 6) is -0.293. The van der Waals surface area contributed by atoms with Crippen molar-refractivity contribution in [3.63, 3.8) is 0 Å². The van der Waals surface area contributed by atoms with Crippen LogP contribution in [0.3, 0.4) is 0 Å². The molecule has 2 N–H and O–H groups in total. The van der Waals surface area contributed by atoms with Gasteiger partial charge in [0.25, 0.3) is 5.91 Å². The molecule has 138 valence electrons. The highest BCUT2D eigenvalue weighted by Crippen LogP contribution is 2.36. The second kappa shape index (κ2) is 6.65. The lowest BCUT2D eigenvalue weighted by Gasteiger charge is -2.35. The molecule has 1 atom stereocenters. The van der Waals surface area contributed by atoms with Gasteiger partial charge in [0.1, 0.15) is 18.1 Å². The van der Waals surface area contributed by atoms with Crippen LogP contribution in [-0.2, 0) is 14.4 Å². The van der Waals surface area contributed by atoms with Crippen molar-refractivity contribution in [2.45, 2.75) is 57.5 Å². The van der Waals surface area contributed by atoms with Crippen LogP contribution in [0.2, 0.25) is 0 Å². The van der Waals surface area contributed by atoms with Crippen LogP contribution in [0.5, 0.6) is 0 Å². The lowest BCUT2D eigenvalue weighted by Crippen LogP contribution is -2.59. The Morgan fingerprint density at radius 3 is 2.56 bits per heavy atom. The molecule has 0 bridgehead atoms. The Kier molecular flexibility index (Phi) is 4.71. The number of nitrogens with one attached hydrogen (secondary N) is 2. The van der Waals surface area contributed by atoms with Gasteiger partial charge in [-0.2, -0.15) is 0 Å². The third-order valence-electron chi connectivity index (χ3n) is 5.70. The molecule has 1 unspecified atom stereocenters. The Labute approximate surface area is 147 Å². The van der Waals surface area contributed by atoms with Crippen LogP contribution < -0.4 is 10.6 Å². The van der Waals surface area contributed by atoms with Crippen LogP contribution in [0.1, 0.15) is 46.0 Å². The normalized spacial score (nSPS) is 32.8. The molecule has 3 fully saturated rings. The average Bonchev–Trinajstić information content (AvgIpc) is 2.81. The molecule has 25 heavy (non-hydrogen) atoms. The Hall–Kier alpha value is -2.12. The van der Waals surface area contributed by atoms with E-state index >= 15 is 0 Å². The van der Waals surface area contributed by atoms with Gasteiger partial charge in [-0.15, -0.1) is 0 Å². The Morgan fingerprint density at radius 2 is 1.92 bits per heavy atom. The molecular weight excluding hydrogens is 324 g/mol. The van der Waals surface area contributed by atoms with Gasteiger partial charge in [0.05, 0.1) is 0 Å². The highest BCUT2D eigenvalue weighted by Gasteiger charge is 2.52. The van der Waals surface area contributed by atoms with Gasteiger partial charge in [-0.05, 0) is 38.0 Å². The number of rotatable bonds is 3. The molecule has 0 aromatic heterocycles. The van der Waals surface area contributed by atoms with Crippen molar-refractivity contribution in [1.82, 2.24) is 20.4 Å². The van der Waals surface area contributed by atoms with E-state index in [0.29, 0.717) is 38.3 Å². The molecule has 2 aliphatic heterocycles. The summed E-state index contributed by atoms with van der Waals surface area (Å²) in [7, 11) is 0. The van der Waals surface area contributed by atoms with E-state index in [0.717, 1.165) is 17.7 Å². The van der Waals surface area contributed by atoms with Gasteiger partial charge in [0, 0.05) is 13.1 Å². The molecule has 3 aliphatic rings. The van der Waals surface area contributed by atoms with Crippen molar-refractivity contribution in [2.75, 3.05) is 19.6 Å². The summed E-state index contributed by atoms with van der Waals surface area (Å²) >= 11 is 0. The van der Waals surface area contributed by atoms with Crippen molar-refractivity contribution in [3.05, 3.63) is 0 Å². The van der Waals surface area contributed by atoms with E-state index in [4.69, 9.17) is 0 Å². The van der Waals surface area contributed by atoms with E-state index in [1.807, 2.05) is 6.92 Å². The first-order chi connectivity index (χ1) is 11.9. The quantitative estimate of drug-likeness (QED) is 0.712. The SMILES string of the molecule is CCC1C(=O)NCCN1C(=O)CN1C(=O)NC2(CCC(C)CC2)C1=O. The number of piperazine rings is 1. The molecule has 8 nitrogen and oxygen atoms in total. The van der Waals surface area contributed by atoms with E-state index in [1.165, 1.54) is 4.90 Å².